The number of carbonyl (C=O) groups is 1. The molecule has 8 heteroatoms. The van der Waals surface area contributed by atoms with Gasteiger partial charge in [-0.1, -0.05) is 48.2 Å². The van der Waals surface area contributed by atoms with Crippen LogP contribution in [0.3, 0.4) is 0 Å². The minimum atomic E-state index is -0.124. The van der Waals surface area contributed by atoms with Crippen molar-refractivity contribution in [1.82, 2.24) is 20.1 Å². The Balaban J connectivity index is 1.28. The lowest BCUT2D eigenvalue weighted by atomic mass is 10.1. The third-order valence-electron chi connectivity index (χ3n) is 5.55. The maximum absolute atomic E-state index is 12.9. The normalized spacial score (nSPS) is 17.3. The summed E-state index contributed by atoms with van der Waals surface area (Å²) in [7, 11) is 0. The molecule has 3 aromatic rings. The fourth-order valence-corrected chi connectivity index (χ4v) is 5.52. The van der Waals surface area contributed by atoms with Crippen LogP contribution in [-0.4, -0.2) is 39.5 Å². The number of hydrogen-bond acceptors (Lipinski definition) is 6. The van der Waals surface area contributed by atoms with Crippen LogP contribution >= 0.6 is 23.1 Å². The highest BCUT2D eigenvalue weighted by molar-refractivity contribution is 7.99. The first-order valence-corrected chi connectivity index (χ1v) is 12.4. The van der Waals surface area contributed by atoms with Gasteiger partial charge in [0.05, 0.1) is 11.8 Å². The number of benzene rings is 1. The van der Waals surface area contributed by atoms with Crippen molar-refractivity contribution in [3.63, 3.8) is 0 Å². The highest BCUT2D eigenvalue weighted by atomic mass is 32.2. The summed E-state index contributed by atoms with van der Waals surface area (Å²) in [6.45, 7) is 2.10. The molecule has 2 aliphatic rings. The number of thioether (sulfide) groups is 1. The van der Waals surface area contributed by atoms with Crippen molar-refractivity contribution in [2.24, 2.45) is 0 Å². The van der Waals surface area contributed by atoms with Crippen molar-refractivity contribution in [2.45, 2.75) is 42.9 Å². The molecule has 156 valence electrons. The third kappa shape index (κ3) is 4.25. The van der Waals surface area contributed by atoms with Crippen molar-refractivity contribution in [3.8, 4) is 0 Å². The van der Waals surface area contributed by atoms with Gasteiger partial charge in [-0.15, -0.1) is 21.5 Å². The number of carbonyl (C=O) groups excluding carboxylic acids is 1. The molecule has 1 aliphatic carbocycles. The van der Waals surface area contributed by atoms with Crippen molar-refractivity contribution < 1.29 is 4.79 Å². The van der Waals surface area contributed by atoms with Crippen molar-refractivity contribution in [3.05, 3.63) is 58.3 Å². The van der Waals surface area contributed by atoms with Gasteiger partial charge in [-0.3, -0.25) is 9.36 Å². The van der Waals surface area contributed by atoms with E-state index in [4.69, 9.17) is 0 Å². The predicted molar refractivity (Wildman–Crippen MR) is 121 cm³/mol. The van der Waals surface area contributed by atoms with Gasteiger partial charge >= 0.3 is 0 Å². The van der Waals surface area contributed by atoms with Gasteiger partial charge in [0.1, 0.15) is 0 Å². The highest BCUT2D eigenvalue weighted by Gasteiger charge is 2.32. The van der Waals surface area contributed by atoms with Crippen LogP contribution in [0.5, 0.6) is 0 Å². The Hall–Kier alpha value is -2.32. The lowest BCUT2D eigenvalue weighted by Gasteiger charge is -2.19. The SMILES string of the molecule is O=C(CSc1nnc(N2CCCC2)n1C1CC1)NC(c1ccccc1)c1cccs1. The third-order valence-corrected chi connectivity index (χ3v) is 7.43. The van der Waals surface area contributed by atoms with Crippen molar-refractivity contribution >= 4 is 35.0 Å². The van der Waals surface area contributed by atoms with E-state index in [2.05, 4.69) is 43.2 Å². The number of amides is 1. The molecule has 1 unspecified atom stereocenters. The molecule has 1 amide bonds. The van der Waals surface area contributed by atoms with E-state index in [9.17, 15) is 4.79 Å². The summed E-state index contributed by atoms with van der Waals surface area (Å²) in [5.41, 5.74) is 1.09. The zero-order chi connectivity index (χ0) is 20.3. The maximum Gasteiger partial charge on any atom is 0.231 e. The van der Waals surface area contributed by atoms with Gasteiger partial charge in [0.2, 0.25) is 11.9 Å². The first-order chi connectivity index (χ1) is 14.8. The average Bonchev–Trinajstić information content (AvgIpc) is 3.21. The number of nitrogens with one attached hydrogen (secondary N) is 1. The van der Waals surface area contributed by atoms with Gasteiger partial charge in [0, 0.05) is 24.0 Å². The van der Waals surface area contributed by atoms with Crippen molar-refractivity contribution in [2.75, 3.05) is 23.7 Å². The monoisotopic (exact) mass is 439 g/mol. The van der Waals surface area contributed by atoms with E-state index >= 15 is 0 Å². The summed E-state index contributed by atoms with van der Waals surface area (Å²) in [5.74, 6) is 1.33. The number of thiophene rings is 1. The Morgan fingerprint density at radius 2 is 1.93 bits per heavy atom. The predicted octanol–water partition coefficient (Wildman–Crippen LogP) is 4.27. The number of rotatable bonds is 8. The molecule has 3 heterocycles. The average molecular weight is 440 g/mol. The second-order valence-corrected chi connectivity index (χ2v) is 9.71. The fourth-order valence-electron chi connectivity index (χ4n) is 3.91. The summed E-state index contributed by atoms with van der Waals surface area (Å²) in [6, 6.07) is 14.6. The first-order valence-electron chi connectivity index (χ1n) is 10.5. The van der Waals surface area contributed by atoms with E-state index in [0.29, 0.717) is 11.8 Å². The lowest BCUT2D eigenvalue weighted by molar-refractivity contribution is -0.119. The summed E-state index contributed by atoms with van der Waals surface area (Å²) >= 11 is 3.15. The van der Waals surface area contributed by atoms with E-state index in [1.165, 1.54) is 37.4 Å². The topological polar surface area (TPSA) is 63.1 Å². The molecular weight excluding hydrogens is 414 g/mol. The largest absolute Gasteiger partial charge is 0.344 e. The minimum absolute atomic E-state index is 0.00956. The van der Waals surface area contributed by atoms with E-state index in [-0.39, 0.29) is 11.9 Å². The van der Waals surface area contributed by atoms with Crippen LogP contribution < -0.4 is 10.2 Å². The molecule has 5 rings (SSSR count). The Bertz CT molecular complexity index is 978. The van der Waals surface area contributed by atoms with Crippen LogP contribution in [0.15, 0.2) is 53.0 Å². The highest BCUT2D eigenvalue weighted by Crippen LogP contribution is 2.41. The van der Waals surface area contributed by atoms with E-state index in [1.807, 2.05) is 29.6 Å². The van der Waals surface area contributed by atoms with Crippen LogP contribution in [0.2, 0.25) is 0 Å². The Morgan fingerprint density at radius 1 is 1.13 bits per heavy atom. The van der Waals surface area contributed by atoms with E-state index in [1.54, 1.807) is 11.3 Å². The van der Waals surface area contributed by atoms with Crippen LogP contribution in [-0.2, 0) is 4.79 Å². The van der Waals surface area contributed by atoms with Crippen LogP contribution in [0.1, 0.15) is 48.2 Å². The molecular formula is C22H25N5OS2. The molecule has 1 saturated heterocycles. The van der Waals surface area contributed by atoms with Crippen LogP contribution in [0.4, 0.5) is 5.95 Å². The smallest absolute Gasteiger partial charge is 0.231 e. The number of aromatic nitrogens is 3. The molecule has 2 aromatic heterocycles. The Labute approximate surface area is 184 Å². The minimum Gasteiger partial charge on any atom is -0.344 e. The zero-order valence-electron chi connectivity index (χ0n) is 16.7. The quantitative estimate of drug-likeness (QED) is 0.531. The summed E-state index contributed by atoms with van der Waals surface area (Å²) in [6.07, 6.45) is 4.78. The molecule has 1 saturated carbocycles. The molecule has 2 fully saturated rings. The second-order valence-electron chi connectivity index (χ2n) is 7.79. The fraction of sp³-hybridized carbons (Fsp3) is 0.409. The summed E-state index contributed by atoms with van der Waals surface area (Å²) in [4.78, 5) is 16.3. The molecule has 0 spiro atoms. The molecule has 1 aliphatic heterocycles. The standard InChI is InChI=1S/C22H25N5OS2/c28-19(23-20(18-9-6-14-29-18)16-7-2-1-3-8-16)15-30-22-25-24-21(26-12-4-5-13-26)27(22)17-10-11-17/h1-3,6-9,14,17,20H,4-5,10-13,15H2,(H,23,28). The van der Waals surface area contributed by atoms with Gasteiger partial charge in [0.25, 0.3) is 0 Å². The molecule has 0 radical (unpaired) electrons. The van der Waals surface area contributed by atoms with Gasteiger partial charge in [-0.25, -0.2) is 0 Å². The maximum atomic E-state index is 12.9. The Kier molecular flexibility index (Phi) is 5.77. The Morgan fingerprint density at radius 3 is 2.63 bits per heavy atom. The zero-order valence-corrected chi connectivity index (χ0v) is 18.4. The first kappa shape index (κ1) is 19.6. The molecule has 1 aromatic carbocycles. The number of hydrogen-bond donors (Lipinski definition) is 1. The van der Waals surface area contributed by atoms with Gasteiger partial charge in [-0.05, 0) is 42.7 Å². The van der Waals surface area contributed by atoms with E-state index in [0.717, 1.165) is 34.6 Å². The summed E-state index contributed by atoms with van der Waals surface area (Å²) in [5, 5.41) is 15.0. The molecule has 1 atom stereocenters. The van der Waals surface area contributed by atoms with Gasteiger partial charge in [-0.2, -0.15) is 0 Å². The molecule has 0 bridgehead atoms. The lowest BCUT2D eigenvalue weighted by Crippen LogP contribution is -2.30. The van der Waals surface area contributed by atoms with Crippen molar-refractivity contribution in [1.29, 1.82) is 0 Å². The van der Waals surface area contributed by atoms with Gasteiger partial charge in [0.15, 0.2) is 5.16 Å². The van der Waals surface area contributed by atoms with Gasteiger partial charge < -0.3 is 10.2 Å². The van der Waals surface area contributed by atoms with E-state index < -0.39 is 0 Å². The summed E-state index contributed by atoms with van der Waals surface area (Å²) < 4.78 is 2.26. The number of anilines is 1. The van der Waals surface area contributed by atoms with Crippen LogP contribution in [0.25, 0.3) is 0 Å². The van der Waals surface area contributed by atoms with Crippen LogP contribution in [0, 0.1) is 0 Å². The molecule has 1 N–H and O–H groups in total. The second kappa shape index (κ2) is 8.81. The number of nitrogens with zero attached hydrogens (tertiary/aromatic N) is 4. The molecule has 30 heavy (non-hydrogen) atoms. The molecule has 6 nitrogen and oxygen atoms in total.